The lowest BCUT2D eigenvalue weighted by Gasteiger charge is -2.23. The van der Waals surface area contributed by atoms with E-state index < -0.39 is 23.6 Å². The Morgan fingerprint density at radius 2 is 1.81 bits per heavy atom. The Labute approximate surface area is 160 Å². The van der Waals surface area contributed by atoms with Gasteiger partial charge in [0.2, 0.25) is 0 Å². The van der Waals surface area contributed by atoms with Crippen LogP contribution >= 0.6 is 11.8 Å². The Hall–Kier alpha value is -1.57. The van der Waals surface area contributed by atoms with Crippen molar-refractivity contribution in [1.29, 1.82) is 0 Å². The summed E-state index contributed by atoms with van der Waals surface area (Å²) >= 11 is 0.732. The summed E-state index contributed by atoms with van der Waals surface area (Å²) in [5, 5.41) is 0. The van der Waals surface area contributed by atoms with Crippen molar-refractivity contribution < 1.29 is 31.5 Å². The van der Waals surface area contributed by atoms with E-state index in [1.165, 1.54) is 13.2 Å². The average Bonchev–Trinajstić information content (AvgIpc) is 2.57. The number of hydrogen-bond donors (Lipinski definition) is 0. The first-order chi connectivity index (χ1) is 12.5. The second-order valence-electron chi connectivity index (χ2n) is 6.09. The summed E-state index contributed by atoms with van der Waals surface area (Å²) in [6, 6.07) is 1.60. The first-order valence-electron chi connectivity index (χ1n) is 8.48. The van der Waals surface area contributed by atoms with Crippen LogP contribution in [0.5, 0.6) is 0 Å². The molecule has 0 fully saturated rings. The first-order valence-corrected chi connectivity index (χ1v) is 9.71. The predicted octanol–water partition coefficient (Wildman–Crippen LogP) is 7.01. The molecule has 0 aliphatic rings. The zero-order valence-corrected chi connectivity index (χ0v) is 16.5. The second-order valence-corrected chi connectivity index (χ2v) is 6.91. The molecule has 152 valence electrons. The smallest absolute Gasteiger partial charge is 0.428 e. The summed E-state index contributed by atoms with van der Waals surface area (Å²) in [7, 11) is 0. The summed E-state index contributed by atoms with van der Waals surface area (Å²) in [5.41, 5.74) is -1.17. The Morgan fingerprint density at radius 3 is 2.33 bits per heavy atom. The fraction of sp³-hybridized carbons (Fsp3) is 0.526. The Bertz CT molecular complexity index is 696. The van der Waals surface area contributed by atoms with E-state index in [0.717, 1.165) is 43.5 Å². The molecule has 1 rings (SSSR count). The predicted molar refractivity (Wildman–Crippen MR) is 96.2 cm³/mol. The molecule has 0 unspecified atom stereocenters. The van der Waals surface area contributed by atoms with Crippen molar-refractivity contribution >= 4 is 17.7 Å². The molecule has 27 heavy (non-hydrogen) atoms. The van der Waals surface area contributed by atoms with Crippen LogP contribution in [0.4, 0.5) is 22.0 Å². The number of unbranched alkanes of at least 4 members (excludes halogenated alkanes) is 3. The maximum Gasteiger partial charge on any atom is 0.458 e. The Balaban J connectivity index is 3.13. The number of carbonyl (C=O) groups excluding carboxylic acids is 1. The number of thioether (sulfide) groups is 1. The minimum absolute atomic E-state index is 0.0349. The summed E-state index contributed by atoms with van der Waals surface area (Å²) < 4.78 is 70.9. The molecule has 0 aromatic heterocycles. The van der Waals surface area contributed by atoms with Crippen LogP contribution in [0.2, 0.25) is 0 Å². The van der Waals surface area contributed by atoms with E-state index in [0.29, 0.717) is 11.8 Å². The highest BCUT2D eigenvalue weighted by atomic mass is 32.2. The van der Waals surface area contributed by atoms with E-state index in [1.807, 2.05) is 0 Å². The number of benzene rings is 1. The topological polar surface area (TPSA) is 26.3 Å². The largest absolute Gasteiger partial charge is 0.458 e. The summed E-state index contributed by atoms with van der Waals surface area (Å²) in [4.78, 5) is 12.0. The molecule has 2 nitrogen and oxygen atoms in total. The van der Waals surface area contributed by atoms with Gasteiger partial charge in [0.05, 0.1) is 5.56 Å². The van der Waals surface area contributed by atoms with E-state index in [4.69, 9.17) is 4.74 Å². The van der Waals surface area contributed by atoms with Gasteiger partial charge in [0, 0.05) is 10.5 Å². The fourth-order valence-corrected chi connectivity index (χ4v) is 3.35. The highest BCUT2D eigenvalue weighted by Crippen LogP contribution is 2.47. The van der Waals surface area contributed by atoms with Gasteiger partial charge < -0.3 is 4.74 Å². The van der Waals surface area contributed by atoms with Crippen LogP contribution in [0.15, 0.2) is 28.9 Å². The maximum atomic E-state index is 13.8. The van der Waals surface area contributed by atoms with Crippen molar-refractivity contribution in [1.82, 2.24) is 0 Å². The van der Waals surface area contributed by atoms with Crippen molar-refractivity contribution in [3.63, 3.8) is 0 Å². The highest BCUT2D eigenvalue weighted by Gasteiger charge is 2.59. The third-order valence-corrected chi connectivity index (χ3v) is 4.95. The molecule has 8 heteroatoms. The van der Waals surface area contributed by atoms with Gasteiger partial charge in [-0.15, -0.1) is 11.8 Å². The van der Waals surface area contributed by atoms with E-state index in [-0.39, 0.29) is 16.0 Å². The van der Waals surface area contributed by atoms with Gasteiger partial charge in [-0.05, 0) is 50.7 Å². The molecule has 0 radical (unpaired) electrons. The highest BCUT2D eigenvalue weighted by molar-refractivity contribution is 7.98. The molecule has 1 aromatic carbocycles. The van der Waals surface area contributed by atoms with E-state index in [9.17, 15) is 26.7 Å². The van der Waals surface area contributed by atoms with Gasteiger partial charge in [-0.3, -0.25) is 0 Å². The lowest BCUT2D eigenvalue weighted by molar-refractivity contribution is -0.290. The quantitative estimate of drug-likeness (QED) is 0.152. The number of esters is 1. The van der Waals surface area contributed by atoms with Gasteiger partial charge in [-0.25, -0.2) is 4.79 Å². The van der Waals surface area contributed by atoms with E-state index >= 15 is 0 Å². The van der Waals surface area contributed by atoms with Crippen LogP contribution in [-0.4, -0.2) is 18.4 Å². The first kappa shape index (κ1) is 23.5. The molecule has 0 N–H and O–H groups in total. The minimum atomic E-state index is -5.72. The normalized spacial score (nSPS) is 13.0. The Morgan fingerprint density at radius 1 is 1.19 bits per heavy atom. The molecule has 1 aromatic rings. The number of ether oxygens (including phenoxy) is 1. The number of hydrogen-bond acceptors (Lipinski definition) is 3. The zero-order valence-electron chi connectivity index (χ0n) is 15.7. The third kappa shape index (κ3) is 5.70. The van der Waals surface area contributed by atoms with Crippen molar-refractivity contribution in [2.75, 3.05) is 6.26 Å². The molecular formula is C19H23F5O2S. The number of allylic oxidation sites excluding steroid dienone is 2. The van der Waals surface area contributed by atoms with Crippen molar-refractivity contribution in [3.8, 4) is 0 Å². The molecule has 0 aliphatic heterocycles. The molecule has 0 saturated heterocycles. The Kier molecular flexibility index (Phi) is 8.32. The standard InChI is InChI=1S/C19H23F5O2S/c1-5-6-7-8-9-12(2)26-17(25)14-10-11-15(16(27-4)13(14)3)18(20,21)19(22,23)24/h9-11H,5-8H2,1-4H3. The second kappa shape index (κ2) is 9.57. The summed E-state index contributed by atoms with van der Waals surface area (Å²) in [6.07, 6.45) is 1.20. The number of halogens is 5. The third-order valence-electron chi connectivity index (χ3n) is 4.02. The minimum Gasteiger partial charge on any atom is -0.428 e. The molecular weight excluding hydrogens is 387 g/mol. The lowest BCUT2D eigenvalue weighted by atomic mass is 10.0. The van der Waals surface area contributed by atoms with Crippen LogP contribution < -0.4 is 0 Å². The van der Waals surface area contributed by atoms with Crippen LogP contribution in [0.1, 0.15) is 61.0 Å². The summed E-state index contributed by atoms with van der Waals surface area (Å²) in [6.45, 7) is 4.99. The monoisotopic (exact) mass is 410 g/mol. The van der Waals surface area contributed by atoms with Gasteiger partial charge in [0.15, 0.2) is 0 Å². The van der Waals surface area contributed by atoms with Gasteiger partial charge in [0.1, 0.15) is 5.76 Å². The van der Waals surface area contributed by atoms with Crippen LogP contribution in [-0.2, 0) is 10.7 Å². The van der Waals surface area contributed by atoms with Gasteiger partial charge in [0.25, 0.3) is 0 Å². The van der Waals surface area contributed by atoms with Gasteiger partial charge in [-0.2, -0.15) is 22.0 Å². The fourth-order valence-electron chi connectivity index (χ4n) is 2.52. The number of alkyl halides is 5. The molecule has 0 heterocycles. The van der Waals surface area contributed by atoms with Crippen molar-refractivity contribution in [2.45, 2.75) is 63.4 Å². The van der Waals surface area contributed by atoms with E-state index in [1.54, 1.807) is 13.0 Å². The van der Waals surface area contributed by atoms with E-state index in [2.05, 4.69) is 6.92 Å². The number of carbonyl (C=O) groups is 1. The molecule has 0 saturated carbocycles. The molecule has 0 amide bonds. The summed E-state index contributed by atoms with van der Waals surface area (Å²) in [5.74, 6) is -5.42. The van der Waals surface area contributed by atoms with Gasteiger partial charge in [-0.1, -0.05) is 25.8 Å². The van der Waals surface area contributed by atoms with Crippen LogP contribution in [0.25, 0.3) is 0 Å². The number of rotatable bonds is 8. The van der Waals surface area contributed by atoms with Crippen LogP contribution in [0.3, 0.4) is 0 Å². The van der Waals surface area contributed by atoms with Crippen molar-refractivity contribution in [3.05, 3.63) is 40.7 Å². The maximum absolute atomic E-state index is 13.8. The van der Waals surface area contributed by atoms with Crippen LogP contribution in [0, 0.1) is 6.92 Å². The molecule has 0 atom stereocenters. The lowest BCUT2D eigenvalue weighted by Crippen LogP contribution is -2.34. The van der Waals surface area contributed by atoms with Crippen molar-refractivity contribution in [2.24, 2.45) is 0 Å². The SMILES string of the molecule is CCCCCC=C(C)OC(=O)c1ccc(C(F)(F)C(F)(F)F)c(SC)c1C. The average molecular weight is 410 g/mol. The molecule has 0 bridgehead atoms. The molecule has 0 spiro atoms. The zero-order chi connectivity index (χ0) is 20.8. The molecule has 0 aliphatic carbocycles. The van der Waals surface area contributed by atoms with Gasteiger partial charge >= 0.3 is 18.1 Å².